The van der Waals surface area contributed by atoms with E-state index in [9.17, 15) is 13.2 Å². The molecule has 1 aromatic carbocycles. The summed E-state index contributed by atoms with van der Waals surface area (Å²) < 4.78 is 22.8. The number of nitrogens with one attached hydrogen (secondary N) is 1. The van der Waals surface area contributed by atoms with Gasteiger partial charge in [-0.2, -0.15) is 5.10 Å². The van der Waals surface area contributed by atoms with Crippen LogP contribution in [0.4, 0.5) is 0 Å². The van der Waals surface area contributed by atoms with Gasteiger partial charge in [0.1, 0.15) is 0 Å². The Morgan fingerprint density at radius 1 is 1.22 bits per heavy atom. The summed E-state index contributed by atoms with van der Waals surface area (Å²) in [5.41, 5.74) is 7.84. The Morgan fingerprint density at radius 3 is 2.48 bits per heavy atom. The first-order valence-corrected chi connectivity index (χ1v) is 9.62. The second kappa shape index (κ2) is 6.83. The molecule has 6 heteroatoms. The second-order valence-electron chi connectivity index (χ2n) is 6.46. The van der Waals surface area contributed by atoms with E-state index < -0.39 is 9.84 Å². The van der Waals surface area contributed by atoms with Crippen LogP contribution in [-0.2, 0) is 14.6 Å². The number of hydrogen-bond donors (Lipinski definition) is 1. The molecule has 5 nitrogen and oxygen atoms in total. The van der Waals surface area contributed by atoms with Crippen LogP contribution in [0, 0.1) is 26.7 Å². The molecule has 0 saturated carbocycles. The molecule has 1 aliphatic heterocycles. The number of carbonyl (C=O) groups is 1. The number of sulfone groups is 1. The van der Waals surface area contributed by atoms with Crippen LogP contribution in [0.5, 0.6) is 0 Å². The van der Waals surface area contributed by atoms with E-state index in [-0.39, 0.29) is 29.8 Å². The van der Waals surface area contributed by atoms with Gasteiger partial charge in [-0.05, 0) is 62.8 Å². The molecule has 1 atom stereocenters. The lowest BCUT2D eigenvalue weighted by Crippen LogP contribution is -2.23. The quantitative estimate of drug-likeness (QED) is 0.677. The van der Waals surface area contributed by atoms with Crippen LogP contribution in [-0.4, -0.2) is 31.5 Å². The molecule has 1 fully saturated rings. The maximum atomic E-state index is 11.9. The lowest BCUT2D eigenvalue weighted by molar-refractivity contribution is -0.121. The number of benzene rings is 1. The van der Waals surface area contributed by atoms with Gasteiger partial charge in [0.2, 0.25) is 5.91 Å². The largest absolute Gasteiger partial charge is 0.273 e. The summed E-state index contributed by atoms with van der Waals surface area (Å²) in [7, 11) is -2.95. The highest BCUT2D eigenvalue weighted by Crippen LogP contribution is 2.21. The maximum absolute atomic E-state index is 11.9. The molecule has 0 unspecified atom stereocenters. The van der Waals surface area contributed by atoms with Crippen LogP contribution in [0.2, 0.25) is 0 Å². The molecule has 0 aromatic heterocycles. The molecule has 1 heterocycles. The van der Waals surface area contributed by atoms with Crippen molar-refractivity contribution in [1.29, 1.82) is 0 Å². The summed E-state index contributed by atoms with van der Waals surface area (Å²) in [6.07, 6.45) is 0.774. The number of rotatable bonds is 4. The van der Waals surface area contributed by atoms with Crippen LogP contribution in [0.25, 0.3) is 0 Å². The highest BCUT2D eigenvalue weighted by Gasteiger charge is 2.29. The first-order valence-electron chi connectivity index (χ1n) is 7.80. The highest BCUT2D eigenvalue weighted by atomic mass is 32.2. The molecule has 1 saturated heterocycles. The third kappa shape index (κ3) is 4.64. The van der Waals surface area contributed by atoms with Crippen molar-refractivity contribution in [3.05, 3.63) is 34.4 Å². The van der Waals surface area contributed by atoms with E-state index in [0.717, 1.165) is 16.8 Å². The molecule has 1 aromatic rings. The van der Waals surface area contributed by atoms with E-state index in [1.807, 2.05) is 20.8 Å². The van der Waals surface area contributed by atoms with Gasteiger partial charge in [0.15, 0.2) is 9.84 Å². The van der Waals surface area contributed by atoms with Crippen molar-refractivity contribution < 1.29 is 13.2 Å². The van der Waals surface area contributed by atoms with Crippen LogP contribution in [0.1, 0.15) is 42.0 Å². The van der Waals surface area contributed by atoms with E-state index in [1.54, 1.807) is 0 Å². The summed E-state index contributed by atoms with van der Waals surface area (Å²) in [5, 5.41) is 4.17. The van der Waals surface area contributed by atoms with E-state index in [4.69, 9.17) is 0 Å². The zero-order chi connectivity index (χ0) is 17.2. The smallest absolute Gasteiger partial charge is 0.240 e. The van der Waals surface area contributed by atoms with Gasteiger partial charge in [-0.3, -0.25) is 4.79 Å². The van der Waals surface area contributed by atoms with E-state index in [1.165, 1.54) is 11.1 Å². The minimum Gasteiger partial charge on any atom is -0.273 e. The van der Waals surface area contributed by atoms with Gasteiger partial charge in [0.05, 0.1) is 17.2 Å². The highest BCUT2D eigenvalue weighted by molar-refractivity contribution is 7.91. The summed E-state index contributed by atoms with van der Waals surface area (Å²) in [5.74, 6) is -0.0131. The summed E-state index contributed by atoms with van der Waals surface area (Å²) in [6, 6.07) is 4.17. The molecular formula is C17H24N2O3S. The van der Waals surface area contributed by atoms with Crippen molar-refractivity contribution in [3.8, 4) is 0 Å². The third-order valence-electron chi connectivity index (χ3n) is 4.38. The predicted octanol–water partition coefficient (Wildman–Crippen LogP) is 2.28. The van der Waals surface area contributed by atoms with Crippen LogP contribution < -0.4 is 5.43 Å². The van der Waals surface area contributed by atoms with Gasteiger partial charge in [0, 0.05) is 12.0 Å². The van der Waals surface area contributed by atoms with Crippen molar-refractivity contribution >= 4 is 21.5 Å². The number of aryl methyl sites for hydroxylation is 3. The van der Waals surface area contributed by atoms with E-state index in [0.29, 0.717) is 6.42 Å². The fourth-order valence-corrected chi connectivity index (χ4v) is 4.76. The average Bonchev–Trinajstić information content (AvgIpc) is 2.79. The normalized spacial score (nSPS) is 20.5. The number of nitrogens with zero attached hydrogens (tertiary/aromatic N) is 1. The molecule has 1 amide bonds. The fourth-order valence-electron chi connectivity index (χ4n) is 2.90. The molecule has 1 N–H and O–H groups in total. The van der Waals surface area contributed by atoms with Gasteiger partial charge in [-0.15, -0.1) is 0 Å². The molecule has 0 radical (unpaired) electrons. The average molecular weight is 336 g/mol. The number of hydrogen-bond acceptors (Lipinski definition) is 4. The number of amides is 1. The number of carbonyl (C=O) groups excluding carboxylic acids is 1. The van der Waals surface area contributed by atoms with Gasteiger partial charge in [-0.1, -0.05) is 6.07 Å². The summed E-state index contributed by atoms with van der Waals surface area (Å²) >= 11 is 0. The predicted molar refractivity (Wildman–Crippen MR) is 92.4 cm³/mol. The Bertz CT molecular complexity index is 751. The van der Waals surface area contributed by atoms with Crippen molar-refractivity contribution in [2.45, 2.75) is 40.5 Å². The molecule has 0 spiro atoms. The Labute approximate surface area is 138 Å². The third-order valence-corrected chi connectivity index (χ3v) is 6.22. The Hall–Kier alpha value is -1.69. The summed E-state index contributed by atoms with van der Waals surface area (Å²) in [6.45, 7) is 7.99. The molecule has 2 rings (SSSR count). The zero-order valence-electron chi connectivity index (χ0n) is 14.1. The lowest BCUT2D eigenvalue weighted by atomic mass is 9.98. The minimum absolute atomic E-state index is 0.0844. The molecule has 23 heavy (non-hydrogen) atoms. The zero-order valence-corrected chi connectivity index (χ0v) is 15.0. The minimum atomic E-state index is -2.95. The maximum Gasteiger partial charge on any atom is 0.240 e. The topological polar surface area (TPSA) is 75.6 Å². The molecular weight excluding hydrogens is 312 g/mol. The van der Waals surface area contributed by atoms with Crippen LogP contribution in [0.3, 0.4) is 0 Å². The van der Waals surface area contributed by atoms with Crippen LogP contribution in [0.15, 0.2) is 17.2 Å². The molecule has 1 aliphatic rings. The Balaban J connectivity index is 1.99. The molecule has 126 valence electrons. The Kier molecular flexibility index (Phi) is 5.24. The van der Waals surface area contributed by atoms with Gasteiger partial charge in [-0.25, -0.2) is 13.8 Å². The first kappa shape index (κ1) is 17.7. The lowest BCUT2D eigenvalue weighted by Gasteiger charge is -2.10. The van der Waals surface area contributed by atoms with Gasteiger partial charge in [0.25, 0.3) is 0 Å². The standard InChI is InChI=1S/C17H24N2O3S/c1-11-7-13(3)16(8-12(11)2)14(4)18-19-17(20)9-15-5-6-23(21,22)10-15/h7-8,15H,5-6,9-10H2,1-4H3,(H,19,20)/b18-14-/t15-/m0/s1. The van der Waals surface area contributed by atoms with Crippen molar-refractivity contribution in [3.63, 3.8) is 0 Å². The fraction of sp³-hybridized carbons (Fsp3) is 0.529. The van der Waals surface area contributed by atoms with Crippen LogP contribution >= 0.6 is 0 Å². The summed E-state index contributed by atoms with van der Waals surface area (Å²) in [4.78, 5) is 11.9. The van der Waals surface area contributed by atoms with Gasteiger partial charge >= 0.3 is 0 Å². The van der Waals surface area contributed by atoms with Crippen molar-refractivity contribution in [2.24, 2.45) is 11.0 Å². The first-order chi connectivity index (χ1) is 10.7. The Morgan fingerprint density at radius 2 is 1.87 bits per heavy atom. The van der Waals surface area contributed by atoms with E-state index in [2.05, 4.69) is 29.6 Å². The SMILES string of the molecule is C/C(=N/NC(=O)C[C@@H]1CCS(=O)(=O)C1)c1cc(C)c(C)cc1C. The molecule has 0 bridgehead atoms. The van der Waals surface area contributed by atoms with Crippen molar-refractivity contribution in [2.75, 3.05) is 11.5 Å². The van der Waals surface area contributed by atoms with Gasteiger partial charge < -0.3 is 0 Å². The van der Waals surface area contributed by atoms with E-state index >= 15 is 0 Å². The monoisotopic (exact) mass is 336 g/mol. The van der Waals surface area contributed by atoms with Crippen molar-refractivity contribution in [1.82, 2.24) is 5.43 Å². The second-order valence-corrected chi connectivity index (χ2v) is 8.69. The number of hydrazone groups is 1. The molecule has 0 aliphatic carbocycles.